The van der Waals surface area contributed by atoms with Gasteiger partial charge in [-0.15, -0.1) is 0 Å². The molecular weight excluding hydrogens is 260 g/mol. The van der Waals surface area contributed by atoms with E-state index in [0.29, 0.717) is 11.5 Å². The largest absolute Gasteiger partial charge is 0.454 e. The maximum atomic E-state index is 10.1. The molecule has 0 aromatic heterocycles. The van der Waals surface area contributed by atoms with Gasteiger partial charge in [0.2, 0.25) is 6.79 Å². The van der Waals surface area contributed by atoms with E-state index >= 15 is 0 Å². The topological polar surface area (TPSA) is 38.7 Å². The molecule has 0 aliphatic carbocycles. The molecule has 15 heavy (non-hydrogen) atoms. The van der Waals surface area contributed by atoms with E-state index in [4.69, 9.17) is 9.47 Å². The van der Waals surface area contributed by atoms with Gasteiger partial charge in [-0.2, -0.15) is 0 Å². The molecule has 1 aliphatic heterocycles. The molecule has 0 saturated carbocycles. The Morgan fingerprint density at radius 2 is 2.07 bits per heavy atom. The Balaban J connectivity index is 2.71. The van der Waals surface area contributed by atoms with E-state index in [1.807, 2.05) is 13.0 Å². The minimum Gasteiger partial charge on any atom is -0.454 e. The normalized spacial score (nSPS) is 14.5. The number of fused-ring (bicyclic) bond motifs is 1. The SMILES string of the molecule is Cc1c(Br)cc2c(c1C(C)(C)O)OCO2. The molecule has 0 atom stereocenters. The van der Waals surface area contributed by atoms with Gasteiger partial charge in [-0.3, -0.25) is 0 Å². The minimum atomic E-state index is -0.939. The first-order valence-corrected chi connectivity index (χ1v) is 5.52. The van der Waals surface area contributed by atoms with Crippen LogP contribution in [0.15, 0.2) is 10.5 Å². The summed E-state index contributed by atoms with van der Waals surface area (Å²) in [5, 5.41) is 10.1. The first kappa shape index (κ1) is 10.8. The molecule has 0 spiro atoms. The van der Waals surface area contributed by atoms with E-state index < -0.39 is 5.60 Å². The number of ether oxygens (including phenoxy) is 2. The summed E-state index contributed by atoms with van der Waals surface area (Å²) in [7, 11) is 0. The smallest absolute Gasteiger partial charge is 0.231 e. The van der Waals surface area contributed by atoms with Crippen molar-refractivity contribution in [1.82, 2.24) is 0 Å². The fourth-order valence-electron chi connectivity index (χ4n) is 1.84. The second-order valence-electron chi connectivity index (χ2n) is 4.15. The molecule has 4 heteroatoms. The number of hydrogen-bond donors (Lipinski definition) is 1. The molecule has 1 heterocycles. The van der Waals surface area contributed by atoms with Crippen LogP contribution in [-0.2, 0) is 5.60 Å². The molecular formula is C11H13BrO3. The van der Waals surface area contributed by atoms with Crippen LogP contribution in [0.1, 0.15) is 25.0 Å². The Labute approximate surface area is 97.1 Å². The summed E-state index contributed by atoms with van der Waals surface area (Å²) in [6.45, 7) is 5.64. The van der Waals surface area contributed by atoms with Crippen LogP contribution in [0.3, 0.4) is 0 Å². The van der Waals surface area contributed by atoms with Crippen molar-refractivity contribution < 1.29 is 14.6 Å². The zero-order chi connectivity index (χ0) is 11.2. The second-order valence-corrected chi connectivity index (χ2v) is 5.01. The fourth-order valence-corrected chi connectivity index (χ4v) is 2.25. The lowest BCUT2D eigenvalue weighted by Crippen LogP contribution is -2.18. The third-order valence-corrected chi connectivity index (χ3v) is 3.30. The van der Waals surface area contributed by atoms with Crippen molar-refractivity contribution in [1.29, 1.82) is 0 Å². The van der Waals surface area contributed by atoms with Crippen LogP contribution >= 0.6 is 15.9 Å². The van der Waals surface area contributed by atoms with Crippen molar-refractivity contribution in [2.24, 2.45) is 0 Å². The highest BCUT2D eigenvalue weighted by atomic mass is 79.9. The highest BCUT2D eigenvalue weighted by Gasteiger charge is 2.30. The van der Waals surface area contributed by atoms with Gasteiger partial charge in [-0.25, -0.2) is 0 Å². The van der Waals surface area contributed by atoms with Crippen LogP contribution in [0, 0.1) is 6.92 Å². The molecule has 0 radical (unpaired) electrons. The number of benzene rings is 1. The van der Waals surface area contributed by atoms with Crippen LogP contribution in [0.4, 0.5) is 0 Å². The van der Waals surface area contributed by atoms with Gasteiger partial charge in [-0.1, -0.05) is 15.9 Å². The molecule has 0 amide bonds. The summed E-state index contributed by atoms with van der Waals surface area (Å²) in [6, 6.07) is 1.87. The fraction of sp³-hybridized carbons (Fsp3) is 0.455. The van der Waals surface area contributed by atoms with Crippen molar-refractivity contribution in [3.05, 3.63) is 21.7 Å². The van der Waals surface area contributed by atoms with Gasteiger partial charge in [0.25, 0.3) is 0 Å². The van der Waals surface area contributed by atoms with E-state index in [-0.39, 0.29) is 6.79 Å². The van der Waals surface area contributed by atoms with Crippen LogP contribution < -0.4 is 9.47 Å². The Morgan fingerprint density at radius 1 is 1.40 bits per heavy atom. The van der Waals surface area contributed by atoms with Crippen molar-refractivity contribution >= 4 is 15.9 Å². The minimum absolute atomic E-state index is 0.217. The number of rotatable bonds is 1. The Morgan fingerprint density at radius 3 is 2.67 bits per heavy atom. The zero-order valence-corrected chi connectivity index (χ0v) is 10.5. The molecule has 3 nitrogen and oxygen atoms in total. The van der Waals surface area contributed by atoms with Crippen molar-refractivity contribution in [2.45, 2.75) is 26.4 Å². The quantitative estimate of drug-likeness (QED) is 0.855. The van der Waals surface area contributed by atoms with Crippen LogP contribution in [0.5, 0.6) is 11.5 Å². The maximum absolute atomic E-state index is 10.1. The summed E-state index contributed by atoms with van der Waals surface area (Å²) in [5.41, 5.74) is 0.821. The molecule has 0 unspecified atom stereocenters. The lowest BCUT2D eigenvalue weighted by atomic mass is 9.92. The molecule has 1 aromatic carbocycles. The first-order valence-electron chi connectivity index (χ1n) is 4.73. The summed E-state index contributed by atoms with van der Waals surface area (Å²) < 4.78 is 11.6. The Hall–Kier alpha value is -0.740. The zero-order valence-electron chi connectivity index (χ0n) is 8.93. The maximum Gasteiger partial charge on any atom is 0.231 e. The van der Waals surface area contributed by atoms with Crippen molar-refractivity contribution in [3.8, 4) is 11.5 Å². The molecule has 1 N–H and O–H groups in total. The molecule has 0 bridgehead atoms. The molecule has 2 rings (SSSR count). The molecule has 0 fully saturated rings. The van der Waals surface area contributed by atoms with Crippen molar-refractivity contribution in [2.75, 3.05) is 6.79 Å². The predicted molar refractivity (Wildman–Crippen MR) is 60.2 cm³/mol. The highest BCUT2D eigenvalue weighted by Crippen LogP contribution is 2.45. The van der Waals surface area contributed by atoms with E-state index in [9.17, 15) is 5.11 Å². The predicted octanol–water partition coefficient (Wildman–Crippen LogP) is 2.71. The lowest BCUT2D eigenvalue weighted by Gasteiger charge is -2.22. The summed E-state index contributed by atoms with van der Waals surface area (Å²) in [4.78, 5) is 0. The van der Waals surface area contributed by atoms with Gasteiger partial charge >= 0.3 is 0 Å². The number of halogens is 1. The van der Waals surface area contributed by atoms with E-state index in [1.54, 1.807) is 13.8 Å². The molecule has 1 aromatic rings. The molecule has 0 saturated heterocycles. The van der Waals surface area contributed by atoms with Gasteiger partial charge in [0.1, 0.15) is 0 Å². The van der Waals surface area contributed by atoms with Gasteiger partial charge in [-0.05, 0) is 32.4 Å². The standard InChI is InChI=1S/C11H13BrO3/c1-6-7(12)4-8-10(15-5-14-8)9(6)11(2,3)13/h4,13H,5H2,1-3H3. The summed E-state index contributed by atoms with van der Waals surface area (Å²) >= 11 is 3.45. The van der Waals surface area contributed by atoms with Gasteiger partial charge < -0.3 is 14.6 Å². The van der Waals surface area contributed by atoms with Gasteiger partial charge in [0.05, 0.1) is 5.60 Å². The van der Waals surface area contributed by atoms with Gasteiger partial charge in [0, 0.05) is 10.0 Å². The summed E-state index contributed by atoms with van der Waals surface area (Å²) in [6.07, 6.45) is 0. The monoisotopic (exact) mass is 272 g/mol. The van der Waals surface area contributed by atoms with Crippen LogP contribution in [-0.4, -0.2) is 11.9 Å². The van der Waals surface area contributed by atoms with Crippen LogP contribution in [0.2, 0.25) is 0 Å². The number of aliphatic hydroxyl groups is 1. The first-order chi connectivity index (χ1) is 6.91. The Bertz CT molecular complexity index is 407. The third-order valence-electron chi connectivity index (χ3n) is 2.47. The molecule has 82 valence electrons. The lowest BCUT2D eigenvalue weighted by molar-refractivity contribution is 0.0736. The highest BCUT2D eigenvalue weighted by molar-refractivity contribution is 9.10. The van der Waals surface area contributed by atoms with Crippen LogP contribution in [0.25, 0.3) is 0 Å². The Kier molecular flexibility index (Phi) is 2.43. The third kappa shape index (κ3) is 1.72. The van der Waals surface area contributed by atoms with Crippen molar-refractivity contribution in [3.63, 3.8) is 0 Å². The molecule has 1 aliphatic rings. The van der Waals surface area contributed by atoms with E-state index in [1.165, 1.54) is 0 Å². The number of hydrogen-bond acceptors (Lipinski definition) is 3. The summed E-state index contributed by atoms with van der Waals surface area (Å²) in [5.74, 6) is 1.34. The van der Waals surface area contributed by atoms with Gasteiger partial charge in [0.15, 0.2) is 11.5 Å². The average Bonchev–Trinajstić information content (AvgIpc) is 2.50. The second kappa shape index (κ2) is 3.39. The average molecular weight is 273 g/mol. The van der Waals surface area contributed by atoms with E-state index in [0.717, 1.165) is 15.6 Å². The van der Waals surface area contributed by atoms with E-state index in [2.05, 4.69) is 15.9 Å².